The van der Waals surface area contributed by atoms with Gasteiger partial charge in [0.2, 0.25) is 11.8 Å². The number of furan rings is 1. The minimum atomic E-state index is -1.22. The van der Waals surface area contributed by atoms with Crippen molar-refractivity contribution in [3.8, 4) is 0 Å². The van der Waals surface area contributed by atoms with E-state index in [2.05, 4.69) is 10.6 Å². The number of aliphatic hydroxyl groups excluding tert-OH is 1. The third-order valence-electron chi connectivity index (χ3n) is 6.66. The molecule has 0 unspecified atom stereocenters. The van der Waals surface area contributed by atoms with Crippen LogP contribution in [0.5, 0.6) is 0 Å². The van der Waals surface area contributed by atoms with Crippen LogP contribution in [0.4, 0.5) is 10.5 Å². The van der Waals surface area contributed by atoms with E-state index >= 15 is 0 Å². The highest BCUT2D eigenvalue weighted by Gasteiger charge is 2.62. The van der Waals surface area contributed by atoms with Gasteiger partial charge in [-0.05, 0) is 49.9 Å². The van der Waals surface area contributed by atoms with Crippen molar-refractivity contribution in [1.82, 2.24) is 15.1 Å². The van der Waals surface area contributed by atoms with E-state index in [0.717, 1.165) is 6.42 Å². The normalized spacial score (nSPS) is 25.2. The van der Waals surface area contributed by atoms with E-state index in [1.54, 1.807) is 36.2 Å². The van der Waals surface area contributed by atoms with Crippen molar-refractivity contribution in [2.75, 3.05) is 32.1 Å². The molecule has 2 aliphatic heterocycles. The van der Waals surface area contributed by atoms with Gasteiger partial charge >= 0.3 is 6.03 Å². The van der Waals surface area contributed by atoms with Crippen LogP contribution in [0.1, 0.15) is 37.5 Å². The molecule has 0 saturated carbocycles. The number of likely N-dealkylation sites (tertiary alicyclic amines) is 2. The number of anilines is 1. The molecule has 4 rings (SSSR count). The van der Waals surface area contributed by atoms with Gasteiger partial charge in [0.15, 0.2) is 0 Å². The summed E-state index contributed by atoms with van der Waals surface area (Å²) in [6.07, 6.45) is 3.59. The Morgan fingerprint density at radius 2 is 1.97 bits per heavy atom. The predicted octanol–water partition coefficient (Wildman–Crippen LogP) is 2.36. The van der Waals surface area contributed by atoms with Crippen molar-refractivity contribution < 1.29 is 23.9 Å². The summed E-state index contributed by atoms with van der Waals surface area (Å²) < 4.78 is 5.68. The van der Waals surface area contributed by atoms with Gasteiger partial charge in [0.25, 0.3) is 0 Å². The van der Waals surface area contributed by atoms with E-state index in [1.807, 2.05) is 18.2 Å². The average molecular weight is 455 g/mol. The molecule has 2 saturated heterocycles. The van der Waals surface area contributed by atoms with E-state index in [0.29, 0.717) is 30.8 Å². The summed E-state index contributed by atoms with van der Waals surface area (Å²) in [6.45, 7) is 0.522. The van der Waals surface area contributed by atoms with Crippen LogP contribution < -0.4 is 10.6 Å². The molecular weight excluding hydrogens is 424 g/mol. The van der Waals surface area contributed by atoms with E-state index in [-0.39, 0.29) is 31.4 Å². The Kier molecular flexibility index (Phi) is 6.69. The summed E-state index contributed by atoms with van der Waals surface area (Å²) in [5.41, 5.74) is -0.633. The summed E-state index contributed by atoms with van der Waals surface area (Å²) in [7, 11) is 1.55. The number of β-amino-alcohol motifs (C(OH)–C–C–N with tert-alkyl or cyclic N) is 1. The first-order chi connectivity index (χ1) is 16.0. The third kappa shape index (κ3) is 4.20. The molecule has 9 nitrogen and oxygen atoms in total. The summed E-state index contributed by atoms with van der Waals surface area (Å²) in [5, 5.41) is 15.1. The quantitative estimate of drug-likeness (QED) is 0.642. The lowest BCUT2D eigenvalue weighted by Crippen LogP contribution is -2.59. The Bertz CT molecular complexity index is 980. The van der Waals surface area contributed by atoms with Crippen molar-refractivity contribution >= 4 is 23.5 Å². The minimum absolute atomic E-state index is 0.168. The monoisotopic (exact) mass is 454 g/mol. The highest BCUT2D eigenvalue weighted by atomic mass is 16.3. The summed E-state index contributed by atoms with van der Waals surface area (Å²) in [5.74, 6) is -0.702. The molecular formula is C24H30N4O5. The standard InChI is InChI=1S/C24H30N4O5/c1-25-21(30)18-16-24(11-5-6-12-27(13-14-29)22(24)31)28(20(18)19-10-7-15-33-19)23(32)26-17-8-3-2-4-9-17/h2-4,7-10,15,18,20,29H,5-6,11-14,16H2,1H3,(H,25,30)(H,26,32)/t18-,20+,24-/m0/s1. The van der Waals surface area contributed by atoms with Crippen LogP contribution in [0.15, 0.2) is 53.1 Å². The summed E-state index contributed by atoms with van der Waals surface area (Å²) in [4.78, 5) is 43.9. The number of carbonyl (C=O) groups is 3. The van der Waals surface area contributed by atoms with Crippen LogP contribution >= 0.6 is 0 Å². The minimum Gasteiger partial charge on any atom is -0.467 e. The van der Waals surface area contributed by atoms with Gasteiger partial charge in [-0.1, -0.05) is 18.2 Å². The third-order valence-corrected chi connectivity index (χ3v) is 6.66. The average Bonchev–Trinajstić information content (AvgIpc) is 3.44. The molecule has 0 aliphatic carbocycles. The Hall–Kier alpha value is -3.33. The first kappa shape index (κ1) is 22.8. The Morgan fingerprint density at radius 1 is 1.18 bits per heavy atom. The zero-order valence-electron chi connectivity index (χ0n) is 18.7. The smallest absolute Gasteiger partial charge is 0.323 e. The maximum absolute atomic E-state index is 13.9. The molecule has 2 fully saturated rings. The number of hydrogen-bond donors (Lipinski definition) is 3. The number of benzene rings is 1. The van der Waals surface area contributed by atoms with Crippen LogP contribution in [0, 0.1) is 5.92 Å². The molecule has 9 heteroatoms. The molecule has 3 N–H and O–H groups in total. The molecule has 33 heavy (non-hydrogen) atoms. The second-order valence-electron chi connectivity index (χ2n) is 8.56. The van der Waals surface area contributed by atoms with Crippen molar-refractivity contribution in [2.24, 2.45) is 5.92 Å². The van der Waals surface area contributed by atoms with Crippen LogP contribution in [-0.4, -0.2) is 65.0 Å². The fraction of sp³-hybridized carbons (Fsp3) is 0.458. The predicted molar refractivity (Wildman–Crippen MR) is 121 cm³/mol. The largest absolute Gasteiger partial charge is 0.467 e. The van der Waals surface area contributed by atoms with E-state index in [4.69, 9.17) is 4.42 Å². The zero-order chi connectivity index (χ0) is 23.4. The second-order valence-corrected chi connectivity index (χ2v) is 8.56. The molecule has 4 amide bonds. The Balaban J connectivity index is 1.82. The lowest BCUT2D eigenvalue weighted by molar-refractivity contribution is -0.142. The molecule has 1 aromatic heterocycles. The van der Waals surface area contributed by atoms with Crippen LogP contribution in [0.3, 0.4) is 0 Å². The number of nitrogens with one attached hydrogen (secondary N) is 2. The number of hydrogen-bond acceptors (Lipinski definition) is 5. The molecule has 176 valence electrons. The lowest BCUT2D eigenvalue weighted by atomic mass is 9.85. The van der Waals surface area contributed by atoms with Crippen LogP contribution in [-0.2, 0) is 9.59 Å². The van der Waals surface area contributed by atoms with Crippen LogP contribution in [0.2, 0.25) is 0 Å². The molecule has 2 aliphatic rings. The zero-order valence-corrected chi connectivity index (χ0v) is 18.7. The number of nitrogens with zero attached hydrogens (tertiary/aromatic N) is 2. The van der Waals surface area contributed by atoms with Gasteiger partial charge in [-0.2, -0.15) is 0 Å². The molecule has 0 radical (unpaired) electrons. The van der Waals surface area contributed by atoms with Crippen molar-refractivity contribution in [1.29, 1.82) is 0 Å². The number of amides is 4. The van der Waals surface area contributed by atoms with Crippen LogP contribution in [0.25, 0.3) is 0 Å². The number of aliphatic hydroxyl groups is 1. The molecule has 1 aromatic carbocycles. The lowest BCUT2D eigenvalue weighted by Gasteiger charge is -2.40. The summed E-state index contributed by atoms with van der Waals surface area (Å²) >= 11 is 0. The fourth-order valence-corrected chi connectivity index (χ4v) is 5.22. The van der Waals surface area contributed by atoms with Gasteiger partial charge < -0.3 is 25.1 Å². The number of carbonyl (C=O) groups excluding carboxylic acids is 3. The first-order valence-electron chi connectivity index (χ1n) is 11.3. The van der Waals surface area contributed by atoms with Gasteiger partial charge in [-0.25, -0.2) is 4.79 Å². The molecule has 0 bridgehead atoms. The Labute approximate surface area is 192 Å². The molecule has 1 spiro atoms. The van der Waals surface area contributed by atoms with E-state index in [1.165, 1.54) is 11.2 Å². The van der Waals surface area contributed by atoms with Crippen molar-refractivity contribution in [3.63, 3.8) is 0 Å². The molecule has 2 aromatic rings. The molecule has 3 atom stereocenters. The topological polar surface area (TPSA) is 115 Å². The van der Waals surface area contributed by atoms with E-state index < -0.39 is 23.5 Å². The fourth-order valence-electron chi connectivity index (χ4n) is 5.22. The van der Waals surface area contributed by atoms with Gasteiger partial charge in [0.05, 0.1) is 18.8 Å². The van der Waals surface area contributed by atoms with Crippen molar-refractivity contribution in [2.45, 2.75) is 37.3 Å². The Morgan fingerprint density at radius 3 is 2.64 bits per heavy atom. The first-order valence-corrected chi connectivity index (χ1v) is 11.3. The molecule has 3 heterocycles. The highest BCUT2D eigenvalue weighted by Crippen LogP contribution is 2.51. The maximum Gasteiger partial charge on any atom is 0.323 e. The van der Waals surface area contributed by atoms with Gasteiger partial charge in [0.1, 0.15) is 17.3 Å². The van der Waals surface area contributed by atoms with Gasteiger partial charge in [-0.3, -0.25) is 14.5 Å². The van der Waals surface area contributed by atoms with E-state index in [9.17, 15) is 19.5 Å². The number of para-hydroxylation sites is 1. The SMILES string of the molecule is CNC(=O)[C@H]1C[C@]2(CCCCN(CCO)C2=O)N(C(=O)Nc2ccccc2)[C@H]1c1ccco1. The second kappa shape index (κ2) is 9.66. The van der Waals surface area contributed by atoms with Crippen molar-refractivity contribution in [3.05, 3.63) is 54.5 Å². The number of rotatable bonds is 5. The van der Waals surface area contributed by atoms with Gasteiger partial charge in [0, 0.05) is 25.8 Å². The summed E-state index contributed by atoms with van der Waals surface area (Å²) in [6, 6.07) is 11.2. The highest BCUT2D eigenvalue weighted by molar-refractivity contribution is 5.98. The van der Waals surface area contributed by atoms with Gasteiger partial charge in [-0.15, -0.1) is 0 Å². The maximum atomic E-state index is 13.9. The number of urea groups is 1.